The molecule has 1 aromatic heterocycles. The van der Waals surface area contributed by atoms with Gasteiger partial charge >= 0.3 is 12.1 Å². The monoisotopic (exact) mass is 581 g/mol. The summed E-state index contributed by atoms with van der Waals surface area (Å²) in [5, 5.41) is 26.6. The second kappa shape index (κ2) is 12.6. The van der Waals surface area contributed by atoms with Crippen molar-refractivity contribution in [1.82, 2.24) is 9.80 Å². The van der Waals surface area contributed by atoms with E-state index in [-0.39, 0.29) is 16.8 Å². The average Bonchev–Trinajstić information content (AvgIpc) is 3.30. The maximum Gasteiger partial charge on any atom is 0.490 e. The van der Waals surface area contributed by atoms with Crippen LogP contribution in [0, 0.1) is 16.6 Å². The number of nitrogens with one attached hydrogen (secondary N) is 3. The number of thiophene rings is 1. The number of carboxylic acid groups (broad SMARTS) is 1. The van der Waals surface area contributed by atoms with E-state index in [0.717, 1.165) is 28.9 Å². The molecular formula is C25H27F4N7O3S. The zero-order valence-corrected chi connectivity index (χ0v) is 21.8. The van der Waals surface area contributed by atoms with Crippen LogP contribution in [-0.2, 0) is 4.79 Å². The van der Waals surface area contributed by atoms with Gasteiger partial charge in [-0.1, -0.05) is 24.3 Å². The molecule has 0 aliphatic carbocycles. The summed E-state index contributed by atoms with van der Waals surface area (Å²) in [4.78, 5) is 25.1. The van der Waals surface area contributed by atoms with Gasteiger partial charge < -0.3 is 31.7 Å². The van der Waals surface area contributed by atoms with Crippen molar-refractivity contribution in [3.63, 3.8) is 0 Å². The van der Waals surface area contributed by atoms with Gasteiger partial charge in [-0.05, 0) is 41.7 Å². The van der Waals surface area contributed by atoms with Crippen LogP contribution in [0.3, 0.4) is 0 Å². The third-order valence-electron chi connectivity index (χ3n) is 6.14. The minimum atomic E-state index is -5.08. The lowest BCUT2D eigenvalue weighted by molar-refractivity contribution is -0.192. The Morgan fingerprint density at radius 2 is 1.45 bits per heavy atom. The fourth-order valence-corrected chi connectivity index (χ4v) is 4.81. The van der Waals surface area contributed by atoms with Gasteiger partial charge in [0.2, 0.25) is 0 Å². The molecule has 2 aliphatic heterocycles. The predicted octanol–water partition coefficient (Wildman–Crippen LogP) is 3.74. The highest BCUT2D eigenvalue weighted by atomic mass is 32.1. The highest BCUT2D eigenvalue weighted by Gasteiger charge is 2.38. The first-order valence-corrected chi connectivity index (χ1v) is 12.7. The van der Waals surface area contributed by atoms with Crippen LogP contribution >= 0.6 is 11.3 Å². The van der Waals surface area contributed by atoms with Crippen molar-refractivity contribution in [2.24, 2.45) is 11.5 Å². The van der Waals surface area contributed by atoms with Gasteiger partial charge in [0, 0.05) is 42.8 Å². The molecule has 40 heavy (non-hydrogen) atoms. The van der Waals surface area contributed by atoms with Crippen molar-refractivity contribution in [3.05, 3.63) is 63.6 Å². The number of aliphatic carboxylic acids is 1. The number of carboxylic acids is 1. The molecule has 4 rings (SSSR count). The van der Waals surface area contributed by atoms with E-state index in [9.17, 15) is 18.0 Å². The van der Waals surface area contributed by atoms with Crippen molar-refractivity contribution in [1.29, 1.82) is 10.8 Å². The summed E-state index contributed by atoms with van der Waals surface area (Å²) in [7, 11) is 0. The summed E-state index contributed by atoms with van der Waals surface area (Å²) in [5.74, 6) is -3.68. The highest BCUT2D eigenvalue weighted by Crippen LogP contribution is 2.31. The third-order valence-corrected chi connectivity index (χ3v) is 7.09. The number of guanidine groups is 2. The Labute approximate surface area is 230 Å². The van der Waals surface area contributed by atoms with Crippen LogP contribution < -0.4 is 16.8 Å². The van der Waals surface area contributed by atoms with Crippen LogP contribution in [0.15, 0.2) is 41.8 Å². The lowest BCUT2D eigenvalue weighted by Gasteiger charge is -2.26. The van der Waals surface area contributed by atoms with Gasteiger partial charge in [-0.15, -0.1) is 11.3 Å². The number of halogens is 4. The Balaban J connectivity index is 0.000000559. The molecule has 3 heterocycles. The standard InChI is InChI=1S/C23H26FN7OS.C2HF3O2/c24-19-18(16-7-11-31(12-8-16)23(27)28)13-33-20(19)21(32)29-17-3-1-14(2-4-17)15-5-9-30(10-6-15)22(25)26;3-2(4,5)1(6)7/h1-5,7,13H,6,8-12H2,(H3,25,26)(H3,27,28)(H,29,32);(H,6,7). The van der Waals surface area contributed by atoms with Gasteiger partial charge in [-0.25, -0.2) is 9.18 Å². The van der Waals surface area contributed by atoms with Crippen LogP contribution in [-0.4, -0.2) is 71.1 Å². The maximum absolute atomic E-state index is 15.0. The largest absolute Gasteiger partial charge is 0.490 e. The van der Waals surface area contributed by atoms with E-state index < -0.39 is 23.9 Å². The molecule has 0 unspecified atom stereocenters. The Kier molecular flexibility index (Phi) is 9.52. The number of alkyl halides is 3. The number of carbonyl (C=O) groups is 2. The van der Waals surface area contributed by atoms with Gasteiger partial charge in [0.05, 0.1) is 0 Å². The molecule has 0 saturated carbocycles. The van der Waals surface area contributed by atoms with E-state index in [0.29, 0.717) is 43.9 Å². The number of rotatable bonds is 4. The van der Waals surface area contributed by atoms with Gasteiger partial charge in [-0.3, -0.25) is 15.6 Å². The second-order valence-corrected chi connectivity index (χ2v) is 9.63. The quantitative estimate of drug-likeness (QED) is 0.181. The first kappa shape index (κ1) is 30.1. The molecule has 0 bridgehead atoms. The minimum absolute atomic E-state index is 0.0000124. The van der Waals surface area contributed by atoms with E-state index in [1.807, 2.05) is 18.2 Å². The fourth-order valence-electron chi connectivity index (χ4n) is 3.95. The van der Waals surface area contributed by atoms with Crippen LogP contribution in [0.2, 0.25) is 0 Å². The summed E-state index contributed by atoms with van der Waals surface area (Å²) in [5.41, 5.74) is 15.1. The molecule has 0 atom stereocenters. The van der Waals surface area contributed by atoms with Crippen molar-refractivity contribution in [2.45, 2.75) is 19.0 Å². The van der Waals surface area contributed by atoms with E-state index >= 15 is 4.39 Å². The molecule has 15 heteroatoms. The number of carbonyl (C=O) groups excluding carboxylic acids is 1. The lowest BCUT2D eigenvalue weighted by Crippen LogP contribution is -2.39. The number of nitrogens with two attached hydrogens (primary N) is 2. The first-order valence-electron chi connectivity index (χ1n) is 11.8. The zero-order chi connectivity index (χ0) is 29.6. The summed E-state index contributed by atoms with van der Waals surface area (Å²) >= 11 is 1.08. The molecule has 2 aromatic rings. The van der Waals surface area contributed by atoms with Crippen LogP contribution in [0.25, 0.3) is 11.1 Å². The molecule has 0 spiro atoms. The van der Waals surface area contributed by atoms with E-state index in [4.69, 9.17) is 32.2 Å². The van der Waals surface area contributed by atoms with Crippen LogP contribution in [0.1, 0.15) is 33.6 Å². The van der Waals surface area contributed by atoms with Gasteiger partial charge in [0.25, 0.3) is 5.91 Å². The van der Waals surface area contributed by atoms with E-state index in [1.165, 1.54) is 5.57 Å². The Hall–Kier alpha value is -4.40. The van der Waals surface area contributed by atoms with Crippen molar-refractivity contribution in [2.75, 3.05) is 31.5 Å². The number of nitrogens with zero attached hydrogens (tertiary/aromatic N) is 2. The van der Waals surface area contributed by atoms with E-state index in [1.54, 1.807) is 27.3 Å². The molecule has 1 amide bonds. The van der Waals surface area contributed by atoms with Gasteiger partial charge in [0.15, 0.2) is 17.7 Å². The number of amides is 1. The van der Waals surface area contributed by atoms with Crippen LogP contribution in [0.4, 0.5) is 23.2 Å². The first-order chi connectivity index (χ1) is 18.8. The Bertz CT molecular complexity index is 1350. The number of anilines is 1. The van der Waals surface area contributed by atoms with Crippen LogP contribution in [0.5, 0.6) is 0 Å². The van der Waals surface area contributed by atoms with Gasteiger partial charge in [-0.2, -0.15) is 13.2 Å². The minimum Gasteiger partial charge on any atom is -0.475 e. The van der Waals surface area contributed by atoms with Crippen molar-refractivity contribution >= 4 is 52.0 Å². The Morgan fingerprint density at radius 3 is 1.88 bits per heavy atom. The van der Waals surface area contributed by atoms with Gasteiger partial charge in [0.1, 0.15) is 4.88 Å². The smallest absolute Gasteiger partial charge is 0.475 e. The normalized spacial score (nSPS) is 15.3. The highest BCUT2D eigenvalue weighted by molar-refractivity contribution is 7.12. The molecular weight excluding hydrogens is 554 g/mol. The Morgan fingerprint density at radius 1 is 0.950 bits per heavy atom. The summed E-state index contributed by atoms with van der Waals surface area (Å²) in [6.07, 6.45) is 0.174. The third kappa shape index (κ3) is 7.59. The molecule has 0 fully saturated rings. The molecule has 10 nitrogen and oxygen atoms in total. The van der Waals surface area contributed by atoms with E-state index in [2.05, 4.69) is 11.4 Å². The molecule has 1 aromatic carbocycles. The predicted molar refractivity (Wildman–Crippen MR) is 145 cm³/mol. The number of benzene rings is 1. The lowest BCUT2D eigenvalue weighted by atomic mass is 9.99. The molecule has 0 saturated heterocycles. The molecule has 8 N–H and O–H groups in total. The molecule has 214 valence electrons. The topological polar surface area (TPSA) is 173 Å². The average molecular weight is 582 g/mol. The maximum atomic E-state index is 15.0. The summed E-state index contributed by atoms with van der Waals surface area (Å²) < 4.78 is 46.8. The molecule has 0 radical (unpaired) electrons. The molecule has 2 aliphatic rings. The van der Waals surface area contributed by atoms with Crippen molar-refractivity contribution in [3.8, 4) is 0 Å². The summed E-state index contributed by atoms with van der Waals surface area (Å²) in [6, 6.07) is 7.46. The van der Waals surface area contributed by atoms with Crippen molar-refractivity contribution < 1.29 is 32.3 Å². The summed E-state index contributed by atoms with van der Waals surface area (Å²) in [6.45, 7) is 2.31. The zero-order valence-electron chi connectivity index (χ0n) is 21.0. The fraction of sp³-hybridized carbons (Fsp3) is 0.280. The second-order valence-electron chi connectivity index (χ2n) is 8.75. The number of hydrogen-bond donors (Lipinski definition) is 6. The SMILES string of the molecule is N=C(N)N1CC=C(c2ccc(NC(=O)c3scc(C4=CCN(C(=N)N)CC4)c3F)cc2)CC1.O=C(O)C(F)(F)F. The number of hydrogen-bond acceptors (Lipinski definition) is 5.